The highest BCUT2D eigenvalue weighted by Gasteiger charge is 2.45. The van der Waals surface area contributed by atoms with Gasteiger partial charge in [0.1, 0.15) is 11.9 Å². The highest BCUT2D eigenvalue weighted by molar-refractivity contribution is 5.94. The summed E-state index contributed by atoms with van der Waals surface area (Å²) in [5.41, 5.74) is 0.636. The molecule has 0 aliphatic carbocycles. The first-order valence-electron chi connectivity index (χ1n) is 10.3. The number of carbonyl (C=O) groups excluding carboxylic acids is 5. The summed E-state index contributed by atoms with van der Waals surface area (Å²) >= 11 is 0. The number of benzene rings is 1. The van der Waals surface area contributed by atoms with Gasteiger partial charge in [0.15, 0.2) is 18.8 Å². The van der Waals surface area contributed by atoms with Crippen molar-refractivity contribution in [1.82, 2.24) is 4.90 Å². The van der Waals surface area contributed by atoms with E-state index in [1.54, 1.807) is 24.3 Å². The lowest BCUT2D eigenvalue weighted by molar-refractivity contribution is -0.175. The Morgan fingerprint density at radius 1 is 1.09 bits per heavy atom. The molecule has 1 aliphatic heterocycles. The molecule has 1 saturated heterocycles. The lowest BCUT2D eigenvalue weighted by Gasteiger charge is -2.29. The van der Waals surface area contributed by atoms with E-state index in [2.05, 4.69) is 5.92 Å². The van der Waals surface area contributed by atoms with Crippen molar-refractivity contribution in [2.24, 2.45) is 0 Å². The van der Waals surface area contributed by atoms with E-state index in [1.807, 2.05) is 0 Å². The van der Waals surface area contributed by atoms with Crippen LogP contribution < -0.4 is 4.74 Å². The smallest absolute Gasteiger partial charge is 0.417 e. The van der Waals surface area contributed by atoms with E-state index in [0.717, 1.165) is 18.7 Å². The Kier molecular flexibility index (Phi) is 9.43. The first-order chi connectivity index (χ1) is 16.1. The Labute approximate surface area is 196 Å². The number of esters is 3. The van der Waals surface area contributed by atoms with E-state index in [1.165, 1.54) is 6.92 Å². The van der Waals surface area contributed by atoms with Gasteiger partial charge in [-0.05, 0) is 24.3 Å². The van der Waals surface area contributed by atoms with Crippen molar-refractivity contribution in [3.8, 4) is 18.1 Å². The van der Waals surface area contributed by atoms with Crippen LogP contribution in [0.5, 0.6) is 5.75 Å². The Bertz CT molecular complexity index is 965. The van der Waals surface area contributed by atoms with Gasteiger partial charge in [-0.2, -0.15) is 0 Å². The predicted octanol–water partition coefficient (Wildman–Crippen LogP) is 1.21. The summed E-state index contributed by atoms with van der Waals surface area (Å²) in [4.78, 5) is 60.0. The molecule has 1 aromatic rings. The Morgan fingerprint density at radius 2 is 1.74 bits per heavy atom. The Balaban J connectivity index is 2.08. The minimum absolute atomic E-state index is 0.0319. The van der Waals surface area contributed by atoms with Crippen LogP contribution in [-0.2, 0) is 38.1 Å². The molecule has 3 atom stereocenters. The van der Waals surface area contributed by atoms with Crippen LogP contribution in [0.2, 0.25) is 0 Å². The standard InChI is InChI=1S/C23H25NO10/c1-5-17-6-8-18(9-7-17)31-13-21(28)24-12-20(34-23(24)29)22(33-16(4)27)19(32-15(3)26)10-11-30-14(2)25/h1,6-9,19-20,22H,10-13H2,2-4H3/t19-,20+,22+/m0/s1. The number of hydrogen-bond acceptors (Lipinski definition) is 10. The molecule has 11 heteroatoms. The number of rotatable bonds is 10. The Hall–Kier alpha value is -4.07. The molecule has 0 radical (unpaired) electrons. The van der Waals surface area contributed by atoms with Crippen LogP contribution in [0, 0.1) is 12.3 Å². The zero-order valence-electron chi connectivity index (χ0n) is 19.0. The summed E-state index contributed by atoms with van der Waals surface area (Å²) in [5, 5.41) is 0. The van der Waals surface area contributed by atoms with Gasteiger partial charge in [0.05, 0.1) is 13.2 Å². The average molecular weight is 475 g/mol. The molecule has 1 fully saturated rings. The number of hydrogen-bond donors (Lipinski definition) is 0. The first-order valence-corrected chi connectivity index (χ1v) is 10.3. The summed E-state index contributed by atoms with van der Waals surface area (Å²) in [7, 11) is 0. The van der Waals surface area contributed by atoms with Gasteiger partial charge in [-0.1, -0.05) is 5.92 Å². The lowest BCUT2D eigenvalue weighted by atomic mass is 10.0. The molecule has 0 aromatic heterocycles. The topological polar surface area (TPSA) is 135 Å². The van der Waals surface area contributed by atoms with Crippen LogP contribution in [0.3, 0.4) is 0 Å². The van der Waals surface area contributed by atoms with Gasteiger partial charge in [-0.25, -0.2) is 9.69 Å². The molecule has 0 spiro atoms. The summed E-state index contributed by atoms with van der Waals surface area (Å²) in [6, 6.07) is 6.43. The van der Waals surface area contributed by atoms with Gasteiger partial charge in [0, 0.05) is 32.8 Å². The third-order valence-electron chi connectivity index (χ3n) is 4.58. The summed E-state index contributed by atoms with van der Waals surface area (Å²) in [6.45, 7) is 2.60. The number of ether oxygens (including phenoxy) is 5. The average Bonchev–Trinajstić information content (AvgIpc) is 3.16. The SMILES string of the molecule is C#Cc1ccc(OCC(=O)N2C[C@H]([C@H](OC(C)=O)[C@H](CCOC(C)=O)OC(C)=O)OC2=O)cc1. The minimum Gasteiger partial charge on any atom is -0.484 e. The number of amides is 2. The molecule has 0 bridgehead atoms. The fraction of sp³-hybridized carbons (Fsp3) is 0.435. The number of carbonyl (C=O) groups is 5. The number of nitrogens with zero attached hydrogens (tertiary/aromatic N) is 1. The monoisotopic (exact) mass is 475 g/mol. The second kappa shape index (κ2) is 12.2. The van der Waals surface area contributed by atoms with Gasteiger partial charge in [-0.15, -0.1) is 6.42 Å². The quantitative estimate of drug-likeness (QED) is 0.276. The van der Waals surface area contributed by atoms with Crippen LogP contribution >= 0.6 is 0 Å². The third kappa shape index (κ3) is 7.81. The predicted molar refractivity (Wildman–Crippen MR) is 114 cm³/mol. The number of cyclic esters (lactones) is 1. The molecule has 182 valence electrons. The van der Waals surface area contributed by atoms with Crippen molar-refractivity contribution in [3.05, 3.63) is 29.8 Å². The van der Waals surface area contributed by atoms with Crippen LogP contribution in [-0.4, -0.2) is 72.9 Å². The summed E-state index contributed by atoms with van der Waals surface area (Å²) < 4.78 is 26.0. The van der Waals surface area contributed by atoms with Gasteiger partial charge in [0.25, 0.3) is 5.91 Å². The second-order valence-electron chi connectivity index (χ2n) is 7.23. The maximum atomic E-state index is 12.6. The fourth-order valence-electron chi connectivity index (χ4n) is 3.13. The lowest BCUT2D eigenvalue weighted by Crippen LogP contribution is -2.46. The van der Waals surface area contributed by atoms with E-state index in [0.29, 0.717) is 11.3 Å². The van der Waals surface area contributed by atoms with Gasteiger partial charge < -0.3 is 23.7 Å². The second-order valence-corrected chi connectivity index (χ2v) is 7.23. The first kappa shape index (κ1) is 26.2. The van der Waals surface area contributed by atoms with E-state index in [-0.39, 0.29) is 19.6 Å². The molecule has 1 heterocycles. The fourth-order valence-corrected chi connectivity index (χ4v) is 3.13. The molecule has 1 aliphatic rings. The largest absolute Gasteiger partial charge is 0.484 e. The van der Waals surface area contributed by atoms with Crippen molar-refractivity contribution in [2.45, 2.75) is 45.5 Å². The Morgan fingerprint density at radius 3 is 2.29 bits per heavy atom. The van der Waals surface area contributed by atoms with Crippen molar-refractivity contribution < 1.29 is 47.7 Å². The zero-order chi connectivity index (χ0) is 25.3. The van der Waals surface area contributed by atoms with Crippen LogP contribution in [0.15, 0.2) is 24.3 Å². The minimum atomic E-state index is -1.24. The van der Waals surface area contributed by atoms with Crippen molar-refractivity contribution >= 4 is 29.9 Å². The molecule has 0 unspecified atom stereocenters. The normalized spacial score (nSPS) is 16.5. The molecule has 1 aromatic carbocycles. The van der Waals surface area contributed by atoms with Crippen molar-refractivity contribution in [2.75, 3.05) is 19.8 Å². The molecule has 34 heavy (non-hydrogen) atoms. The highest BCUT2D eigenvalue weighted by Crippen LogP contribution is 2.23. The molecule has 0 saturated carbocycles. The van der Waals surface area contributed by atoms with Gasteiger partial charge >= 0.3 is 24.0 Å². The molecule has 0 N–H and O–H groups in total. The highest BCUT2D eigenvalue weighted by atomic mass is 16.6. The van der Waals surface area contributed by atoms with E-state index >= 15 is 0 Å². The maximum Gasteiger partial charge on any atom is 0.417 e. The van der Waals surface area contributed by atoms with Crippen LogP contribution in [0.25, 0.3) is 0 Å². The van der Waals surface area contributed by atoms with Gasteiger partial charge in [0.2, 0.25) is 0 Å². The summed E-state index contributed by atoms with van der Waals surface area (Å²) in [5.74, 6) is 0.160. The van der Waals surface area contributed by atoms with Crippen LogP contribution in [0.4, 0.5) is 4.79 Å². The number of imide groups is 1. The summed E-state index contributed by atoms with van der Waals surface area (Å²) in [6.07, 6.45) is 0.822. The molecule has 2 rings (SSSR count). The third-order valence-corrected chi connectivity index (χ3v) is 4.58. The molecular formula is C23H25NO10. The van der Waals surface area contributed by atoms with E-state index in [4.69, 9.17) is 30.1 Å². The van der Waals surface area contributed by atoms with E-state index in [9.17, 15) is 24.0 Å². The number of terminal acetylenes is 1. The van der Waals surface area contributed by atoms with Crippen molar-refractivity contribution in [1.29, 1.82) is 0 Å². The molecular weight excluding hydrogens is 450 g/mol. The van der Waals surface area contributed by atoms with Gasteiger partial charge in [-0.3, -0.25) is 19.2 Å². The zero-order valence-corrected chi connectivity index (χ0v) is 19.0. The maximum absolute atomic E-state index is 12.6. The molecule has 2 amide bonds. The van der Waals surface area contributed by atoms with Crippen molar-refractivity contribution in [3.63, 3.8) is 0 Å². The van der Waals surface area contributed by atoms with E-state index < -0.39 is 54.8 Å². The van der Waals surface area contributed by atoms with Crippen LogP contribution in [0.1, 0.15) is 32.8 Å². The molecule has 11 nitrogen and oxygen atoms in total.